The first kappa shape index (κ1) is 18.8. The van der Waals surface area contributed by atoms with Crippen molar-refractivity contribution in [3.05, 3.63) is 64.2 Å². The van der Waals surface area contributed by atoms with Crippen LogP contribution in [-0.2, 0) is 4.79 Å². The molecule has 1 heterocycles. The molecule has 0 radical (unpaired) electrons. The van der Waals surface area contributed by atoms with Gasteiger partial charge in [-0.05, 0) is 56.5 Å². The Hall–Kier alpha value is -2.95. The third-order valence-corrected chi connectivity index (χ3v) is 5.21. The van der Waals surface area contributed by atoms with E-state index >= 15 is 0 Å². The van der Waals surface area contributed by atoms with Crippen LogP contribution in [0.25, 0.3) is 0 Å². The smallest absolute Gasteiger partial charge is 0.261 e. The minimum Gasteiger partial charge on any atom is -0.315 e. The standard InChI is InChI=1S/C22H24N2O3/c1-14-10-11-17-18(13-14)22(27)24(21(17)26)12-6-9-20(25)23(4)19-8-5-7-15(2)16(19)3/h5,7-8,10-11,13H,6,9,12H2,1-4H3. The van der Waals surface area contributed by atoms with Crippen molar-refractivity contribution >= 4 is 23.4 Å². The molecule has 0 aliphatic carbocycles. The average molecular weight is 364 g/mol. The third kappa shape index (κ3) is 3.50. The van der Waals surface area contributed by atoms with E-state index in [9.17, 15) is 14.4 Å². The Morgan fingerprint density at radius 1 is 1.00 bits per heavy atom. The third-order valence-electron chi connectivity index (χ3n) is 5.21. The molecule has 2 aromatic carbocycles. The van der Waals surface area contributed by atoms with Gasteiger partial charge in [-0.1, -0.05) is 23.8 Å². The van der Waals surface area contributed by atoms with Gasteiger partial charge in [-0.15, -0.1) is 0 Å². The first-order valence-corrected chi connectivity index (χ1v) is 9.11. The molecule has 0 spiro atoms. The Morgan fingerprint density at radius 2 is 1.70 bits per heavy atom. The van der Waals surface area contributed by atoms with Crippen LogP contribution < -0.4 is 4.90 Å². The van der Waals surface area contributed by atoms with Gasteiger partial charge in [-0.25, -0.2) is 0 Å². The summed E-state index contributed by atoms with van der Waals surface area (Å²) in [5.41, 5.74) is 4.94. The van der Waals surface area contributed by atoms with Crippen LogP contribution in [0.2, 0.25) is 0 Å². The van der Waals surface area contributed by atoms with Crippen LogP contribution in [0.3, 0.4) is 0 Å². The van der Waals surface area contributed by atoms with Crippen LogP contribution in [0.5, 0.6) is 0 Å². The van der Waals surface area contributed by atoms with E-state index < -0.39 is 0 Å². The average Bonchev–Trinajstić information content (AvgIpc) is 2.87. The van der Waals surface area contributed by atoms with Gasteiger partial charge in [0.15, 0.2) is 0 Å². The van der Waals surface area contributed by atoms with Gasteiger partial charge < -0.3 is 4.90 Å². The lowest BCUT2D eigenvalue weighted by Crippen LogP contribution is -2.32. The molecule has 0 saturated heterocycles. The fourth-order valence-corrected chi connectivity index (χ4v) is 3.40. The maximum Gasteiger partial charge on any atom is 0.261 e. The molecule has 2 aromatic rings. The molecule has 5 nitrogen and oxygen atoms in total. The highest BCUT2D eigenvalue weighted by atomic mass is 16.2. The van der Waals surface area contributed by atoms with Gasteiger partial charge in [0.1, 0.15) is 0 Å². The topological polar surface area (TPSA) is 57.7 Å². The quantitative estimate of drug-likeness (QED) is 0.761. The monoisotopic (exact) mass is 364 g/mol. The highest BCUT2D eigenvalue weighted by Gasteiger charge is 2.35. The molecule has 0 unspecified atom stereocenters. The Labute approximate surface area is 159 Å². The first-order chi connectivity index (χ1) is 12.8. The van der Waals surface area contributed by atoms with Crippen molar-refractivity contribution in [1.82, 2.24) is 4.90 Å². The van der Waals surface area contributed by atoms with Crippen molar-refractivity contribution in [2.75, 3.05) is 18.5 Å². The SMILES string of the molecule is Cc1ccc2c(c1)C(=O)N(CCCC(=O)N(C)c1cccc(C)c1C)C2=O. The number of fused-ring (bicyclic) bond motifs is 1. The summed E-state index contributed by atoms with van der Waals surface area (Å²) in [6.07, 6.45) is 0.717. The molecule has 3 rings (SSSR count). The molecular weight excluding hydrogens is 340 g/mol. The van der Waals surface area contributed by atoms with Gasteiger partial charge in [0.25, 0.3) is 11.8 Å². The summed E-state index contributed by atoms with van der Waals surface area (Å²) in [5, 5.41) is 0. The number of anilines is 1. The molecular formula is C22H24N2O3. The number of nitrogens with zero attached hydrogens (tertiary/aromatic N) is 2. The fraction of sp³-hybridized carbons (Fsp3) is 0.318. The highest BCUT2D eigenvalue weighted by Crippen LogP contribution is 2.25. The molecule has 0 bridgehead atoms. The van der Waals surface area contributed by atoms with Crippen LogP contribution in [-0.4, -0.2) is 36.2 Å². The van der Waals surface area contributed by atoms with Gasteiger partial charge in [0.05, 0.1) is 11.1 Å². The molecule has 0 atom stereocenters. The minimum atomic E-state index is -0.273. The number of carbonyl (C=O) groups excluding carboxylic acids is 3. The van der Waals surface area contributed by atoms with Crippen molar-refractivity contribution < 1.29 is 14.4 Å². The van der Waals surface area contributed by atoms with E-state index in [0.29, 0.717) is 17.5 Å². The molecule has 27 heavy (non-hydrogen) atoms. The maximum atomic E-state index is 12.5. The van der Waals surface area contributed by atoms with E-state index in [-0.39, 0.29) is 30.7 Å². The molecule has 0 aromatic heterocycles. The van der Waals surface area contributed by atoms with Crippen LogP contribution in [0.1, 0.15) is 50.2 Å². The molecule has 1 aliphatic heterocycles. The zero-order valence-electron chi connectivity index (χ0n) is 16.2. The van der Waals surface area contributed by atoms with Crippen LogP contribution in [0.4, 0.5) is 5.69 Å². The van der Waals surface area contributed by atoms with Gasteiger partial charge in [0.2, 0.25) is 5.91 Å². The predicted molar refractivity (Wildman–Crippen MR) is 105 cm³/mol. The molecule has 5 heteroatoms. The molecule has 0 fully saturated rings. The lowest BCUT2D eigenvalue weighted by atomic mass is 10.1. The molecule has 1 aliphatic rings. The summed E-state index contributed by atoms with van der Waals surface area (Å²) in [6, 6.07) is 11.1. The summed E-state index contributed by atoms with van der Waals surface area (Å²) in [4.78, 5) is 40.4. The Bertz CT molecular complexity index is 933. The van der Waals surface area contributed by atoms with E-state index in [2.05, 4.69) is 0 Å². The Kier molecular flexibility index (Phi) is 5.13. The fourth-order valence-electron chi connectivity index (χ4n) is 3.40. The van der Waals surface area contributed by atoms with Crippen molar-refractivity contribution in [3.63, 3.8) is 0 Å². The van der Waals surface area contributed by atoms with Crippen LogP contribution >= 0.6 is 0 Å². The van der Waals surface area contributed by atoms with Gasteiger partial charge in [-0.3, -0.25) is 19.3 Å². The number of hydrogen-bond acceptors (Lipinski definition) is 3. The number of hydrogen-bond donors (Lipinski definition) is 0. The minimum absolute atomic E-state index is 0.0313. The van der Waals surface area contributed by atoms with Crippen molar-refractivity contribution in [2.45, 2.75) is 33.6 Å². The van der Waals surface area contributed by atoms with Gasteiger partial charge in [0, 0.05) is 25.7 Å². The largest absolute Gasteiger partial charge is 0.315 e. The Balaban J connectivity index is 1.62. The number of amides is 3. The zero-order valence-corrected chi connectivity index (χ0v) is 16.2. The number of aryl methyl sites for hydroxylation is 2. The number of rotatable bonds is 5. The normalized spacial score (nSPS) is 13.1. The molecule has 0 N–H and O–H groups in total. The van der Waals surface area contributed by atoms with Gasteiger partial charge >= 0.3 is 0 Å². The van der Waals surface area contributed by atoms with Crippen molar-refractivity contribution in [1.29, 1.82) is 0 Å². The van der Waals surface area contributed by atoms with Gasteiger partial charge in [-0.2, -0.15) is 0 Å². The van der Waals surface area contributed by atoms with Crippen molar-refractivity contribution in [2.24, 2.45) is 0 Å². The van der Waals surface area contributed by atoms with E-state index in [1.165, 1.54) is 4.90 Å². The maximum absolute atomic E-state index is 12.5. The number of imide groups is 1. The molecule has 140 valence electrons. The summed E-state index contributed by atoms with van der Waals surface area (Å²) in [5.74, 6) is -0.574. The van der Waals surface area contributed by atoms with E-state index in [4.69, 9.17) is 0 Å². The Morgan fingerprint density at radius 3 is 2.44 bits per heavy atom. The first-order valence-electron chi connectivity index (χ1n) is 9.11. The number of benzene rings is 2. The number of carbonyl (C=O) groups is 3. The second kappa shape index (κ2) is 7.35. The summed E-state index contributed by atoms with van der Waals surface area (Å²) >= 11 is 0. The molecule has 0 saturated carbocycles. The molecule has 3 amide bonds. The summed E-state index contributed by atoms with van der Waals surface area (Å²) in [7, 11) is 1.76. The second-order valence-corrected chi connectivity index (χ2v) is 7.09. The summed E-state index contributed by atoms with van der Waals surface area (Å²) in [6.45, 7) is 6.15. The summed E-state index contributed by atoms with van der Waals surface area (Å²) < 4.78 is 0. The van der Waals surface area contributed by atoms with E-state index in [1.54, 1.807) is 24.1 Å². The second-order valence-electron chi connectivity index (χ2n) is 7.09. The lowest BCUT2D eigenvalue weighted by molar-refractivity contribution is -0.118. The van der Waals surface area contributed by atoms with Crippen LogP contribution in [0, 0.1) is 20.8 Å². The van der Waals surface area contributed by atoms with E-state index in [1.807, 2.05) is 45.0 Å². The van der Waals surface area contributed by atoms with E-state index in [0.717, 1.165) is 22.4 Å². The van der Waals surface area contributed by atoms with Crippen LogP contribution in [0.15, 0.2) is 36.4 Å². The highest BCUT2D eigenvalue weighted by molar-refractivity contribution is 6.21. The van der Waals surface area contributed by atoms with Crippen molar-refractivity contribution in [3.8, 4) is 0 Å². The zero-order chi connectivity index (χ0) is 19.7. The predicted octanol–water partition coefficient (Wildman–Crippen LogP) is 3.65. The lowest BCUT2D eigenvalue weighted by Gasteiger charge is -2.21.